The number of unbranched alkanes of at least 4 members (excludes halogenated alkanes) is 20. The third-order valence-electron chi connectivity index (χ3n) is 10.8. The highest BCUT2D eigenvalue weighted by atomic mass is 31.2. The van der Waals surface area contributed by atoms with Crippen LogP contribution in [0.1, 0.15) is 200 Å². The molecule has 0 radical (unpaired) electrons. The largest absolute Gasteiger partial charge is 0.756 e. The maximum atomic E-state index is 12.9. The van der Waals surface area contributed by atoms with Gasteiger partial charge in [0.15, 0.2) is 0 Å². The van der Waals surface area contributed by atoms with Gasteiger partial charge in [-0.15, -0.1) is 0 Å². The van der Waals surface area contributed by atoms with Gasteiger partial charge in [-0.3, -0.25) is 9.36 Å². The van der Waals surface area contributed by atoms with Crippen molar-refractivity contribution < 1.29 is 32.9 Å². The van der Waals surface area contributed by atoms with Gasteiger partial charge in [-0.05, 0) is 83.5 Å². The van der Waals surface area contributed by atoms with Crippen LogP contribution in [0, 0.1) is 0 Å². The Hall–Kier alpha value is -2.32. The number of carbonyl (C=O) groups excluding carboxylic acids is 1. The molecular weight excluding hydrogens is 804 g/mol. The topological polar surface area (TPSA) is 108 Å². The molecule has 0 fully saturated rings. The van der Waals surface area contributed by atoms with E-state index in [1.54, 1.807) is 6.08 Å². The molecular formula is C54H97N2O6P. The number of rotatable bonds is 45. The molecule has 0 aliphatic carbocycles. The average molecular weight is 901 g/mol. The van der Waals surface area contributed by atoms with Gasteiger partial charge in [0, 0.05) is 6.42 Å². The smallest absolute Gasteiger partial charge is 0.268 e. The number of hydrogen-bond donors (Lipinski definition) is 2. The number of carbonyl (C=O) groups is 1. The molecule has 0 aliphatic heterocycles. The molecule has 0 heterocycles. The highest BCUT2D eigenvalue weighted by Gasteiger charge is 2.23. The van der Waals surface area contributed by atoms with E-state index in [-0.39, 0.29) is 12.5 Å². The zero-order valence-electron chi connectivity index (χ0n) is 41.2. The van der Waals surface area contributed by atoms with E-state index in [1.165, 1.54) is 103 Å². The summed E-state index contributed by atoms with van der Waals surface area (Å²) < 4.78 is 23.3. The van der Waals surface area contributed by atoms with Crippen LogP contribution >= 0.6 is 7.82 Å². The Morgan fingerprint density at radius 2 is 0.984 bits per heavy atom. The Kier molecular flexibility index (Phi) is 43.2. The van der Waals surface area contributed by atoms with Gasteiger partial charge in [0.25, 0.3) is 7.82 Å². The second-order valence-electron chi connectivity index (χ2n) is 18.1. The number of quaternary nitrogens is 1. The summed E-state index contributed by atoms with van der Waals surface area (Å²) in [6.45, 7) is 4.49. The summed E-state index contributed by atoms with van der Waals surface area (Å²) in [6.07, 6.45) is 62.1. The van der Waals surface area contributed by atoms with E-state index < -0.39 is 26.6 Å². The summed E-state index contributed by atoms with van der Waals surface area (Å²) in [6, 6.07) is -0.917. The van der Waals surface area contributed by atoms with Crippen molar-refractivity contribution in [2.45, 2.75) is 212 Å². The van der Waals surface area contributed by atoms with Crippen LogP contribution in [-0.4, -0.2) is 68.5 Å². The first-order chi connectivity index (χ1) is 30.5. The SMILES string of the molecule is CC/C=C\C/C=C\C/C=C\C/C=C\CCCCCCCCCCCCC(=O)NC(COP(=O)([O-])OCC[N+](C)(C)C)C(O)/C=C/CC/C=C/CC/C=C/CCCCCCCCCC. The molecule has 0 saturated heterocycles. The minimum absolute atomic E-state index is 0.0138. The van der Waals surface area contributed by atoms with Crippen molar-refractivity contribution in [3.63, 3.8) is 0 Å². The Labute approximate surface area is 388 Å². The van der Waals surface area contributed by atoms with Crippen molar-refractivity contribution in [1.82, 2.24) is 5.32 Å². The molecule has 8 nitrogen and oxygen atoms in total. The van der Waals surface area contributed by atoms with Crippen LogP contribution in [0.3, 0.4) is 0 Å². The zero-order valence-corrected chi connectivity index (χ0v) is 42.1. The quantitative estimate of drug-likeness (QED) is 0.0273. The van der Waals surface area contributed by atoms with Crippen LogP contribution in [0.15, 0.2) is 85.1 Å². The first kappa shape index (κ1) is 60.7. The molecule has 0 spiro atoms. The Balaban J connectivity index is 4.39. The minimum atomic E-state index is -4.61. The number of phosphoric acid groups is 1. The predicted molar refractivity (Wildman–Crippen MR) is 270 cm³/mol. The number of phosphoric ester groups is 1. The second kappa shape index (κ2) is 44.9. The van der Waals surface area contributed by atoms with Crippen molar-refractivity contribution in [2.75, 3.05) is 40.9 Å². The van der Waals surface area contributed by atoms with Gasteiger partial charge in [0.2, 0.25) is 5.91 Å². The van der Waals surface area contributed by atoms with E-state index in [4.69, 9.17) is 9.05 Å². The fourth-order valence-electron chi connectivity index (χ4n) is 6.82. The molecule has 3 atom stereocenters. The third kappa shape index (κ3) is 47.5. The Morgan fingerprint density at radius 3 is 1.48 bits per heavy atom. The minimum Gasteiger partial charge on any atom is -0.756 e. The molecule has 0 aliphatic rings. The van der Waals surface area contributed by atoms with E-state index in [2.05, 4.69) is 92.1 Å². The molecule has 0 aromatic carbocycles. The fourth-order valence-corrected chi connectivity index (χ4v) is 7.54. The molecule has 2 N–H and O–H groups in total. The van der Waals surface area contributed by atoms with E-state index in [1.807, 2.05) is 27.2 Å². The molecule has 0 rings (SSSR count). The standard InChI is InChI=1S/C54H97N2O6P/c1-6-8-10-12-14-16-18-20-22-24-26-27-28-29-30-32-34-36-38-40-42-44-46-48-54(58)55-52(51-62-63(59,60)61-50-49-56(3,4)5)53(57)47-45-43-41-39-37-35-33-31-25-23-21-19-17-15-13-11-9-7-2/h8,10,14,16,20,22,25-27,31,37,39,45,47,52-53,57H,6-7,9,11-13,15,17-19,21,23-24,28-30,32-36,38,40-44,46,48-51H2,1-5H3,(H-,55,58,59,60)/b10-8-,16-14-,22-20-,27-26-,31-25+,39-37+,47-45+. The normalized spacial score (nSPS) is 14.8. The van der Waals surface area contributed by atoms with Gasteiger partial charge in [0.05, 0.1) is 39.9 Å². The average Bonchev–Trinajstić information content (AvgIpc) is 3.24. The number of allylic oxidation sites excluding steroid dienone is 13. The lowest BCUT2D eigenvalue weighted by atomic mass is 10.0. The lowest BCUT2D eigenvalue weighted by molar-refractivity contribution is -0.870. The first-order valence-corrected chi connectivity index (χ1v) is 26.9. The number of aliphatic hydroxyl groups is 1. The molecule has 0 aromatic rings. The number of likely N-dealkylation sites (N-methyl/N-ethyl adjacent to an activating group) is 1. The molecule has 1 amide bonds. The summed E-state index contributed by atoms with van der Waals surface area (Å²) in [5, 5.41) is 13.8. The first-order valence-electron chi connectivity index (χ1n) is 25.4. The summed E-state index contributed by atoms with van der Waals surface area (Å²) in [4.78, 5) is 25.4. The molecule has 0 saturated carbocycles. The van der Waals surface area contributed by atoms with Crippen LogP contribution < -0.4 is 10.2 Å². The van der Waals surface area contributed by atoms with Gasteiger partial charge in [0.1, 0.15) is 13.2 Å². The van der Waals surface area contributed by atoms with Gasteiger partial charge in [-0.2, -0.15) is 0 Å². The number of nitrogens with one attached hydrogen (secondary N) is 1. The maximum Gasteiger partial charge on any atom is 0.268 e. The molecule has 3 unspecified atom stereocenters. The van der Waals surface area contributed by atoms with Gasteiger partial charge in [-0.1, -0.05) is 195 Å². The number of aliphatic hydroxyl groups excluding tert-OH is 1. The van der Waals surface area contributed by atoms with Crippen molar-refractivity contribution in [3.05, 3.63) is 85.1 Å². The Bertz CT molecular complexity index is 1300. The molecule has 0 aromatic heterocycles. The fraction of sp³-hybridized carbons (Fsp3) is 0.722. The third-order valence-corrected chi connectivity index (χ3v) is 11.8. The maximum absolute atomic E-state index is 12.9. The van der Waals surface area contributed by atoms with Crippen LogP contribution in [-0.2, 0) is 18.4 Å². The van der Waals surface area contributed by atoms with E-state index in [9.17, 15) is 19.4 Å². The van der Waals surface area contributed by atoms with Crippen LogP contribution in [0.4, 0.5) is 0 Å². The second-order valence-corrected chi connectivity index (χ2v) is 19.5. The van der Waals surface area contributed by atoms with Gasteiger partial charge in [-0.25, -0.2) is 0 Å². The molecule has 364 valence electrons. The zero-order chi connectivity index (χ0) is 46.4. The lowest BCUT2D eigenvalue weighted by Crippen LogP contribution is -2.45. The van der Waals surface area contributed by atoms with E-state index in [0.29, 0.717) is 17.4 Å². The van der Waals surface area contributed by atoms with Gasteiger partial charge < -0.3 is 28.8 Å². The number of nitrogens with zero attached hydrogens (tertiary/aromatic N) is 1. The van der Waals surface area contributed by atoms with E-state index >= 15 is 0 Å². The number of amides is 1. The van der Waals surface area contributed by atoms with E-state index in [0.717, 1.165) is 77.0 Å². The van der Waals surface area contributed by atoms with Crippen molar-refractivity contribution in [1.29, 1.82) is 0 Å². The molecule has 0 bridgehead atoms. The van der Waals surface area contributed by atoms with Crippen molar-refractivity contribution in [3.8, 4) is 0 Å². The predicted octanol–water partition coefficient (Wildman–Crippen LogP) is 14.3. The lowest BCUT2D eigenvalue weighted by Gasteiger charge is -2.29. The Morgan fingerprint density at radius 1 is 0.571 bits per heavy atom. The van der Waals surface area contributed by atoms with Crippen LogP contribution in [0.2, 0.25) is 0 Å². The van der Waals surface area contributed by atoms with Crippen LogP contribution in [0.5, 0.6) is 0 Å². The summed E-state index contributed by atoms with van der Waals surface area (Å²) >= 11 is 0. The monoisotopic (exact) mass is 901 g/mol. The van der Waals surface area contributed by atoms with Crippen molar-refractivity contribution >= 4 is 13.7 Å². The number of hydrogen-bond acceptors (Lipinski definition) is 6. The highest BCUT2D eigenvalue weighted by molar-refractivity contribution is 7.45. The van der Waals surface area contributed by atoms with Crippen molar-refractivity contribution in [2.24, 2.45) is 0 Å². The van der Waals surface area contributed by atoms with Crippen LogP contribution in [0.25, 0.3) is 0 Å². The molecule has 63 heavy (non-hydrogen) atoms. The highest BCUT2D eigenvalue weighted by Crippen LogP contribution is 2.38. The summed E-state index contributed by atoms with van der Waals surface area (Å²) in [7, 11) is 1.22. The summed E-state index contributed by atoms with van der Waals surface area (Å²) in [5.41, 5.74) is 0. The molecule has 9 heteroatoms. The summed E-state index contributed by atoms with van der Waals surface area (Å²) in [5.74, 6) is -0.220. The van der Waals surface area contributed by atoms with Gasteiger partial charge >= 0.3 is 0 Å².